The van der Waals surface area contributed by atoms with Crippen LogP contribution in [0.2, 0.25) is 5.02 Å². The molecule has 0 spiro atoms. The number of alkyl halides is 2. The van der Waals surface area contributed by atoms with Crippen LogP contribution in [0.15, 0.2) is 30.9 Å². The molecule has 15 heteroatoms. The SMILES string of the molecule is [C-]#[N+]c1c(N)sc2c(F)ccc(-c3c(Cl)cc4c(N(CC)C5CN(C(=O)C=C)CC5F)nc(OCC56CCCN5CC(F)C6)nc4c3C#N)c12. The number of nitrogens with zero attached hydrogens (tertiary/aromatic N) is 7. The summed E-state index contributed by atoms with van der Waals surface area (Å²) in [5.74, 6) is -0.739. The number of hydrogen-bond donors (Lipinski definition) is 1. The van der Waals surface area contributed by atoms with Gasteiger partial charge < -0.3 is 20.3 Å². The largest absolute Gasteiger partial charge is 0.461 e. The summed E-state index contributed by atoms with van der Waals surface area (Å²) in [5, 5.41) is 11.5. The van der Waals surface area contributed by atoms with Crippen molar-refractivity contribution in [2.45, 2.75) is 50.1 Å². The first-order valence-electron chi connectivity index (χ1n) is 16.2. The van der Waals surface area contributed by atoms with Gasteiger partial charge in [-0.1, -0.05) is 24.2 Å². The Morgan fingerprint density at radius 1 is 1.36 bits per heavy atom. The van der Waals surface area contributed by atoms with E-state index in [0.717, 1.165) is 36.8 Å². The average molecular weight is 721 g/mol. The Morgan fingerprint density at radius 2 is 2.16 bits per heavy atom. The Labute approximate surface area is 295 Å². The van der Waals surface area contributed by atoms with Gasteiger partial charge in [-0.15, -0.1) is 11.3 Å². The molecule has 2 aromatic heterocycles. The van der Waals surface area contributed by atoms with Crippen LogP contribution in [0.4, 0.5) is 29.7 Å². The number of rotatable bonds is 8. The van der Waals surface area contributed by atoms with E-state index in [4.69, 9.17) is 38.6 Å². The van der Waals surface area contributed by atoms with Crippen molar-refractivity contribution in [3.63, 3.8) is 0 Å². The number of nitrogens with two attached hydrogens (primary N) is 1. The molecule has 4 unspecified atom stereocenters. The van der Waals surface area contributed by atoms with E-state index >= 15 is 8.78 Å². The van der Waals surface area contributed by atoms with Crippen LogP contribution in [0.25, 0.3) is 37.0 Å². The number of ether oxygens (including phenoxy) is 1. The van der Waals surface area contributed by atoms with Gasteiger partial charge in [0, 0.05) is 42.4 Å². The number of nitrogen functional groups attached to an aromatic ring is 1. The molecule has 3 saturated heterocycles. The molecular weight excluding hydrogens is 689 g/mol. The molecule has 5 heterocycles. The zero-order valence-corrected chi connectivity index (χ0v) is 28.6. The van der Waals surface area contributed by atoms with Gasteiger partial charge in [0.15, 0.2) is 0 Å². The maximum absolute atomic E-state index is 15.7. The molecule has 4 aromatic rings. The number of benzene rings is 2. The van der Waals surface area contributed by atoms with Gasteiger partial charge in [-0.25, -0.2) is 18.0 Å². The lowest BCUT2D eigenvalue weighted by Gasteiger charge is -2.32. The van der Waals surface area contributed by atoms with E-state index in [-0.39, 0.29) is 80.5 Å². The molecule has 0 saturated carbocycles. The van der Waals surface area contributed by atoms with Crippen LogP contribution in [-0.4, -0.2) is 88.9 Å². The van der Waals surface area contributed by atoms with Gasteiger partial charge in [0.05, 0.1) is 50.5 Å². The summed E-state index contributed by atoms with van der Waals surface area (Å²) >= 11 is 7.91. The predicted molar refractivity (Wildman–Crippen MR) is 188 cm³/mol. The van der Waals surface area contributed by atoms with Crippen molar-refractivity contribution in [3.8, 4) is 23.2 Å². The number of fused-ring (bicyclic) bond motifs is 3. The van der Waals surface area contributed by atoms with Gasteiger partial charge in [-0.3, -0.25) is 9.69 Å². The number of carbonyl (C=O) groups excluding carboxylic acids is 1. The van der Waals surface area contributed by atoms with Crippen LogP contribution in [0, 0.1) is 23.7 Å². The number of aromatic nitrogens is 2. The number of likely N-dealkylation sites (N-methyl/N-ethyl adjacent to an activating group) is 1. The molecule has 258 valence electrons. The molecular formula is C35H32ClF3N8O2S. The molecule has 10 nitrogen and oxygen atoms in total. The van der Waals surface area contributed by atoms with E-state index < -0.39 is 35.6 Å². The van der Waals surface area contributed by atoms with E-state index in [2.05, 4.69) is 22.4 Å². The van der Waals surface area contributed by atoms with Crippen LogP contribution in [-0.2, 0) is 4.79 Å². The third-order valence-corrected chi connectivity index (χ3v) is 11.5. The van der Waals surface area contributed by atoms with E-state index in [1.54, 1.807) is 11.0 Å². The van der Waals surface area contributed by atoms with E-state index in [1.165, 1.54) is 17.0 Å². The number of likely N-dealkylation sites (tertiary alicyclic amines) is 1. The highest BCUT2D eigenvalue weighted by Crippen LogP contribution is 2.50. The van der Waals surface area contributed by atoms with Gasteiger partial charge in [0.1, 0.15) is 36.7 Å². The van der Waals surface area contributed by atoms with Crippen molar-refractivity contribution in [1.82, 2.24) is 19.8 Å². The average Bonchev–Trinajstić information content (AvgIpc) is 3.84. The number of carbonyl (C=O) groups is 1. The summed E-state index contributed by atoms with van der Waals surface area (Å²) in [6.07, 6.45) is 0.667. The molecule has 3 aliphatic heterocycles. The van der Waals surface area contributed by atoms with Crippen molar-refractivity contribution >= 4 is 66.3 Å². The molecule has 3 aliphatic rings. The summed E-state index contributed by atoms with van der Waals surface area (Å²) in [7, 11) is 0. The van der Waals surface area contributed by atoms with Gasteiger partial charge in [-0.05, 0) is 50.1 Å². The van der Waals surface area contributed by atoms with Crippen molar-refractivity contribution < 1.29 is 22.7 Å². The molecule has 2 aromatic carbocycles. The third-order valence-electron chi connectivity index (χ3n) is 10.1. The fraction of sp³-hybridized carbons (Fsp3) is 0.400. The molecule has 50 heavy (non-hydrogen) atoms. The number of nitriles is 1. The minimum atomic E-state index is -1.44. The maximum Gasteiger partial charge on any atom is 0.319 e. The Morgan fingerprint density at radius 3 is 2.88 bits per heavy atom. The smallest absolute Gasteiger partial charge is 0.319 e. The molecule has 1 amide bonds. The second kappa shape index (κ2) is 12.9. The summed E-state index contributed by atoms with van der Waals surface area (Å²) in [4.78, 5) is 30.6. The monoisotopic (exact) mass is 720 g/mol. The second-order valence-corrected chi connectivity index (χ2v) is 14.3. The second-order valence-electron chi connectivity index (χ2n) is 12.9. The molecule has 0 bridgehead atoms. The molecule has 7 rings (SSSR count). The fourth-order valence-corrected chi connectivity index (χ4v) is 9.13. The Bertz CT molecular complexity index is 2150. The lowest BCUT2D eigenvalue weighted by atomic mass is 9.94. The zero-order chi connectivity index (χ0) is 35.5. The lowest BCUT2D eigenvalue weighted by Crippen LogP contribution is -2.44. The first-order chi connectivity index (χ1) is 24.0. The highest BCUT2D eigenvalue weighted by atomic mass is 35.5. The minimum Gasteiger partial charge on any atom is -0.461 e. The van der Waals surface area contributed by atoms with Crippen LogP contribution >= 0.6 is 22.9 Å². The van der Waals surface area contributed by atoms with E-state index in [0.29, 0.717) is 23.9 Å². The van der Waals surface area contributed by atoms with Crippen molar-refractivity contribution in [2.75, 3.05) is 50.0 Å². The third kappa shape index (κ3) is 5.37. The molecule has 4 atom stereocenters. The number of thiophene rings is 1. The summed E-state index contributed by atoms with van der Waals surface area (Å²) in [6, 6.07) is 5.55. The summed E-state index contributed by atoms with van der Waals surface area (Å²) in [5.41, 5.74) is 6.29. The number of amides is 1. The number of hydrogen-bond acceptors (Lipinski definition) is 9. The Kier molecular flexibility index (Phi) is 8.75. The normalized spacial score (nSPS) is 23.3. The first-order valence-corrected chi connectivity index (χ1v) is 17.4. The molecule has 2 N–H and O–H groups in total. The van der Waals surface area contributed by atoms with Crippen molar-refractivity contribution in [3.05, 3.63) is 58.7 Å². The Hall–Kier alpha value is -4.63. The van der Waals surface area contributed by atoms with E-state index in [1.807, 2.05) is 6.92 Å². The fourth-order valence-electron chi connectivity index (χ4n) is 7.89. The van der Waals surface area contributed by atoms with Crippen LogP contribution in [0.5, 0.6) is 6.01 Å². The van der Waals surface area contributed by atoms with Crippen LogP contribution < -0.4 is 15.4 Å². The topological polar surface area (TPSA) is 116 Å². The quantitative estimate of drug-likeness (QED) is 0.156. The van der Waals surface area contributed by atoms with Gasteiger partial charge in [0.2, 0.25) is 11.6 Å². The summed E-state index contributed by atoms with van der Waals surface area (Å²) < 4.78 is 51.8. The molecule has 0 aliphatic carbocycles. The first kappa shape index (κ1) is 33.8. The zero-order valence-electron chi connectivity index (χ0n) is 27.1. The van der Waals surface area contributed by atoms with Gasteiger partial charge >= 0.3 is 6.01 Å². The van der Waals surface area contributed by atoms with Gasteiger partial charge in [0.25, 0.3) is 0 Å². The van der Waals surface area contributed by atoms with E-state index in [9.17, 15) is 14.4 Å². The van der Waals surface area contributed by atoms with Crippen LogP contribution in [0.1, 0.15) is 31.7 Å². The summed E-state index contributed by atoms with van der Waals surface area (Å²) in [6.45, 7) is 14.5. The van der Waals surface area contributed by atoms with Gasteiger partial charge in [-0.2, -0.15) is 15.2 Å². The standard InChI is InChI=1S/C35H32ClF3N8O2S/c1-4-26(48)45-15-24(39)25(16-45)47(5-2)33-20-11-22(36)27(19-7-8-23(38)31-28(19)30(42-3)32(41)50-31)21(13-40)29(20)43-34(44-33)49-17-35-9-6-10-46(35)14-18(37)12-35/h4,7-8,11,18,24-25H,1,5-6,9-10,12,14-17,41H2,2H3. The maximum atomic E-state index is 15.7. The number of anilines is 2. The Balaban J connectivity index is 1.43. The highest BCUT2D eigenvalue weighted by Gasteiger charge is 2.49. The van der Waals surface area contributed by atoms with Crippen molar-refractivity contribution in [1.29, 1.82) is 5.26 Å². The lowest BCUT2D eigenvalue weighted by molar-refractivity contribution is -0.125. The minimum absolute atomic E-state index is 0.00249. The van der Waals surface area contributed by atoms with Crippen molar-refractivity contribution in [2.24, 2.45) is 0 Å². The molecule has 0 radical (unpaired) electrons. The predicted octanol–water partition coefficient (Wildman–Crippen LogP) is 6.83. The number of halogens is 4. The van der Waals surface area contributed by atoms with Crippen LogP contribution in [0.3, 0.4) is 0 Å². The molecule has 3 fully saturated rings. The highest BCUT2D eigenvalue weighted by molar-refractivity contribution is 7.23.